The van der Waals surface area contributed by atoms with Crippen molar-refractivity contribution in [3.63, 3.8) is 0 Å². The van der Waals surface area contributed by atoms with E-state index >= 15 is 0 Å². The van der Waals surface area contributed by atoms with Crippen molar-refractivity contribution in [1.82, 2.24) is 5.32 Å². The number of carbonyl (C=O) groups is 1. The van der Waals surface area contributed by atoms with E-state index in [-0.39, 0.29) is 11.8 Å². The van der Waals surface area contributed by atoms with Crippen LogP contribution in [-0.4, -0.2) is 18.5 Å². The van der Waals surface area contributed by atoms with E-state index in [1.165, 1.54) is 0 Å². The quantitative estimate of drug-likeness (QED) is 0.699. The van der Waals surface area contributed by atoms with Crippen LogP contribution in [0.1, 0.15) is 39.5 Å². The molecular formula is C11H22N2O. The molecule has 0 aromatic rings. The van der Waals surface area contributed by atoms with Gasteiger partial charge in [0, 0.05) is 12.0 Å². The van der Waals surface area contributed by atoms with E-state index < -0.39 is 0 Å². The van der Waals surface area contributed by atoms with Gasteiger partial charge in [-0.15, -0.1) is 0 Å². The minimum atomic E-state index is 0.120. The summed E-state index contributed by atoms with van der Waals surface area (Å²) in [6.45, 7) is 4.88. The number of amides is 1. The van der Waals surface area contributed by atoms with Gasteiger partial charge >= 0.3 is 0 Å². The standard InChI is InChI=1S/C11H22N2O/c1-8-6-10(7-8)13-11(14)9(2)4-3-5-12/h8-10H,3-7,12H2,1-2H3,(H,13,14). The summed E-state index contributed by atoms with van der Waals surface area (Å²) in [6.07, 6.45) is 4.14. The third-order valence-corrected chi connectivity index (χ3v) is 3.01. The lowest BCUT2D eigenvalue weighted by Gasteiger charge is -2.34. The highest BCUT2D eigenvalue weighted by molar-refractivity contribution is 5.78. The van der Waals surface area contributed by atoms with Gasteiger partial charge in [-0.05, 0) is 38.1 Å². The molecule has 1 aliphatic rings. The molecule has 0 heterocycles. The molecular weight excluding hydrogens is 176 g/mol. The third-order valence-electron chi connectivity index (χ3n) is 3.01. The highest BCUT2D eigenvalue weighted by atomic mass is 16.1. The van der Waals surface area contributed by atoms with Gasteiger partial charge in [0.15, 0.2) is 0 Å². The van der Waals surface area contributed by atoms with Crippen LogP contribution >= 0.6 is 0 Å². The zero-order chi connectivity index (χ0) is 10.6. The molecule has 14 heavy (non-hydrogen) atoms. The first kappa shape index (κ1) is 11.5. The smallest absolute Gasteiger partial charge is 0.223 e. The molecule has 3 heteroatoms. The monoisotopic (exact) mass is 198 g/mol. The first-order valence-corrected chi connectivity index (χ1v) is 5.64. The maximum Gasteiger partial charge on any atom is 0.223 e. The topological polar surface area (TPSA) is 55.1 Å². The molecule has 0 saturated heterocycles. The summed E-state index contributed by atoms with van der Waals surface area (Å²) in [4.78, 5) is 11.6. The number of hydrogen-bond donors (Lipinski definition) is 2. The fourth-order valence-corrected chi connectivity index (χ4v) is 1.92. The second-order valence-corrected chi connectivity index (χ2v) is 4.61. The van der Waals surface area contributed by atoms with Crippen molar-refractivity contribution in [1.29, 1.82) is 0 Å². The molecule has 1 fully saturated rings. The summed E-state index contributed by atoms with van der Waals surface area (Å²) >= 11 is 0. The van der Waals surface area contributed by atoms with E-state index in [0.717, 1.165) is 31.6 Å². The molecule has 0 aromatic heterocycles. The van der Waals surface area contributed by atoms with Gasteiger partial charge in [0.1, 0.15) is 0 Å². The lowest BCUT2D eigenvalue weighted by Crippen LogP contribution is -2.45. The molecule has 1 atom stereocenters. The normalized spacial score (nSPS) is 27.9. The zero-order valence-corrected chi connectivity index (χ0v) is 9.25. The summed E-state index contributed by atoms with van der Waals surface area (Å²) in [7, 11) is 0. The van der Waals surface area contributed by atoms with Crippen LogP contribution in [-0.2, 0) is 4.79 Å². The fraction of sp³-hybridized carbons (Fsp3) is 0.909. The molecule has 0 spiro atoms. The van der Waals surface area contributed by atoms with Gasteiger partial charge in [-0.3, -0.25) is 4.79 Å². The molecule has 0 bridgehead atoms. The van der Waals surface area contributed by atoms with Gasteiger partial charge in [-0.25, -0.2) is 0 Å². The van der Waals surface area contributed by atoms with E-state index in [2.05, 4.69) is 12.2 Å². The Morgan fingerprint density at radius 2 is 2.21 bits per heavy atom. The Kier molecular flexibility index (Phi) is 4.39. The van der Waals surface area contributed by atoms with Crippen molar-refractivity contribution < 1.29 is 4.79 Å². The van der Waals surface area contributed by atoms with Crippen molar-refractivity contribution in [2.75, 3.05) is 6.54 Å². The number of rotatable bonds is 5. The van der Waals surface area contributed by atoms with Crippen LogP contribution in [0.3, 0.4) is 0 Å². The minimum absolute atomic E-state index is 0.120. The Labute approximate surface area is 86.4 Å². The van der Waals surface area contributed by atoms with E-state index in [1.807, 2.05) is 6.92 Å². The van der Waals surface area contributed by atoms with Crippen LogP contribution in [0.15, 0.2) is 0 Å². The van der Waals surface area contributed by atoms with Crippen molar-refractivity contribution in [2.24, 2.45) is 17.6 Å². The van der Waals surface area contributed by atoms with Crippen molar-refractivity contribution in [2.45, 2.75) is 45.6 Å². The van der Waals surface area contributed by atoms with E-state index in [9.17, 15) is 4.79 Å². The first-order valence-electron chi connectivity index (χ1n) is 5.64. The lowest BCUT2D eigenvalue weighted by molar-refractivity contribution is -0.126. The van der Waals surface area contributed by atoms with Crippen molar-refractivity contribution in [3.05, 3.63) is 0 Å². The molecule has 1 rings (SSSR count). The average Bonchev–Trinajstić information content (AvgIpc) is 2.11. The van der Waals surface area contributed by atoms with Crippen LogP contribution in [0.5, 0.6) is 0 Å². The Morgan fingerprint density at radius 3 is 2.71 bits per heavy atom. The van der Waals surface area contributed by atoms with Crippen molar-refractivity contribution in [3.8, 4) is 0 Å². The van der Waals surface area contributed by atoms with Gasteiger partial charge in [0.25, 0.3) is 0 Å². The molecule has 0 aromatic carbocycles. The Bertz CT molecular complexity index is 188. The van der Waals surface area contributed by atoms with Gasteiger partial charge < -0.3 is 11.1 Å². The highest BCUT2D eigenvalue weighted by Gasteiger charge is 2.27. The molecule has 1 unspecified atom stereocenters. The zero-order valence-electron chi connectivity index (χ0n) is 9.25. The van der Waals surface area contributed by atoms with E-state index in [4.69, 9.17) is 5.73 Å². The Hall–Kier alpha value is -0.570. The summed E-state index contributed by atoms with van der Waals surface area (Å²) in [5.74, 6) is 1.12. The predicted molar refractivity (Wildman–Crippen MR) is 57.8 cm³/mol. The minimum Gasteiger partial charge on any atom is -0.353 e. The molecule has 3 nitrogen and oxygen atoms in total. The lowest BCUT2D eigenvalue weighted by atomic mass is 9.81. The highest BCUT2D eigenvalue weighted by Crippen LogP contribution is 2.26. The molecule has 1 saturated carbocycles. The Morgan fingerprint density at radius 1 is 1.57 bits per heavy atom. The Balaban J connectivity index is 2.14. The third kappa shape index (κ3) is 3.29. The second kappa shape index (κ2) is 5.35. The second-order valence-electron chi connectivity index (χ2n) is 4.61. The SMILES string of the molecule is CC1CC(NC(=O)C(C)CCCN)C1. The van der Waals surface area contributed by atoms with E-state index in [1.54, 1.807) is 0 Å². The molecule has 3 N–H and O–H groups in total. The molecule has 1 amide bonds. The maximum absolute atomic E-state index is 11.6. The van der Waals surface area contributed by atoms with Gasteiger partial charge in [-0.1, -0.05) is 13.8 Å². The number of hydrogen-bond acceptors (Lipinski definition) is 2. The molecule has 82 valence electrons. The van der Waals surface area contributed by atoms with Crippen LogP contribution < -0.4 is 11.1 Å². The molecule has 0 aliphatic heterocycles. The fourth-order valence-electron chi connectivity index (χ4n) is 1.92. The van der Waals surface area contributed by atoms with E-state index in [0.29, 0.717) is 12.6 Å². The van der Waals surface area contributed by atoms with Crippen LogP contribution in [0.4, 0.5) is 0 Å². The summed E-state index contributed by atoms with van der Waals surface area (Å²) in [5.41, 5.74) is 5.40. The number of carbonyl (C=O) groups excluding carboxylic acids is 1. The summed E-state index contributed by atoms with van der Waals surface area (Å²) < 4.78 is 0. The van der Waals surface area contributed by atoms with Crippen LogP contribution in [0, 0.1) is 11.8 Å². The summed E-state index contributed by atoms with van der Waals surface area (Å²) in [6, 6.07) is 0.442. The maximum atomic E-state index is 11.6. The number of nitrogens with one attached hydrogen (secondary N) is 1. The molecule has 1 aliphatic carbocycles. The van der Waals surface area contributed by atoms with Gasteiger partial charge in [-0.2, -0.15) is 0 Å². The largest absolute Gasteiger partial charge is 0.353 e. The number of nitrogens with two attached hydrogens (primary N) is 1. The average molecular weight is 198 g/mol. The molecule has 0 radical (unpaired) electrons. The predicted octanol–water partition coefficient (Wildman–Crippen LogP) is 1.28. The van der Waals surface area contributed by atoms with Gasteiger partial charge in [0.05, 0.1) is 0 Å². The first-order chi connectivity index (χ1) is 6.63. The summed E-state index contributed by atoms with van der Waals surface area (Å²) in [5, 5.41) is 3.08. The van der Waals surface area contributed by atoms with Gasteiger partial charge in [0.2, 0.25) is 5.91 Å². The van der Waals surface area contributed by atoms with Crippen molar-refractivity contribution >= 4 is 5.91 Å². The van der Waals surface area contributed by atoms with Crippen LogP contribution in [0.2, 0.25) is 0 Å². The van der Waals surface area contributed by atoms with Crippen LogP contribution in [0.25, 0.3) is 0 Å².